The Bertz CT molecular complexity index is 801. The van der Waals surface area contributed by atoms with Crippen molar-refractivity contribution in [2.45, 2.75) is 5.25 Å². The van der Waals surface area contributed by atoms with Crippen molar-refractivity contribution in [1.82, 2.24) is 0 Å². The number of nitro benzene ring substituents is 1. The maximum atomic E-state index is 11.1. The topological polar surface area (TPSA) is 55.2 Å². The molecule has 0 aliphatic heterocycles. The highest BCUT2D eigenvalue weighted by molar-refractivity contribution is 7.99. The third kappa shape index (κ3) is 4.64. The lowest BCUT2D eigenvalue weighted by Crippen LogP contribution is -2.08. The average molecular weight is 364 g/mol. The van der Waals surface area contributed by atoms with Crippen LogP contribution in [0, 0.1) is 10.1 Å². The van der Waals surface area contributed by atoms with Crippen molar-refractivity contribution in [3.63, 3.8) is 0 Å². The fourth-order valence-electron chi connectivity index (χ4n) is 2.79. The fraction of sp³-hybridized carbons (Fsp3) is 0.143. The van der Waals surface area contributed by atoms with Crippen LogP contribution >= 0.6 is 11.8 Å². The summed E-state index contributed by atoms with van der Waals surface area (Å²) in [4.78, 5) is 10.7. The van der Waals surface area contributed by atoms with Crippen LogP contribution in [0.25, 0.3) is 0 Å². The number of benzene rings is 3. The Hall–Kier alpha value is -2.79. The van der Waals surface area contributed by atoms with Crippen molar-refractivity contribution in [2.75, 3.05) is 17.6 Å². The number of thioether (sulfide) groups is 1. The quantitative estimate of drug-likeness (QED) is 0.324. The van der Waals surface area contributed by atoms with Gasteiger partial charge < -0.3 is 5.32 Å². The number of anilines is 1. The summed E-state index contributed by atoms with van der Waals surface area (Å²) in [5.41, 5.74) is 3.19. The van der Waals surface area contributed by atoms with E-state index in [1.54, 1.807) is 18.2 Å². The first-order valence-corrected chi connectivity index (χ1v) is 9.49. The van der Waals surface area contributed by atoms with Crippen LogP contribution in [0.15, 0.2) is 84.9 Å². The van der Waals surface area contributed by atoms with Gasteiger partial charge in [0.05, 0.1) is 10.2 Å². The Kier molecular flexibility index (Phi) is 6.28. The molecule has 26 heavy (non-hydrogen) atoms. The molecule has 3 rings (SSSR count). The Morgan fingerprint density at radius 3 is 1.96 bits per heavy atom. The zero-order valence-corrected chi connectivity index (χ0v) is 15.1. The van der Waals surface area contributed by atoms with E-state index in [9.17, 15) is 10.1 Å². The first-order chi connectivity index (χ1) is 12.8. The number of rotatable bonds is 8. The van der Waals surface area contributed by atoms with E-state index < -0.39 is 0 Å². The molecule has 0 atom stereocenters. The summed E-state index contributed by atoms with van der Waals surface area (Å²) in [5, 5.41) is 14.5. The third-order valence-corrected chi connectivity index (χ3v) is 5.32. The molecule has 0 aromatic heterocycles. The number of hydrogen-bond acceptors (Lipinski definition) is 4. The molecule has 3 aromatic rings. The number of nitrogens with zero attached hydrogens (tertiary/aromatic N) is 1. The molecule has 0 saturated heterocycles. The van der Waals surface area contributed by atoms with Crippen LogP contribution in [0.5, 0.6) is 0 Å². The van der Waals surface area contributed by atoms with Gasteiger partial charge in [0.1, 0.15) is 5.69 Å². The van der Waals surface area contributed by atoms with Crippen LogP contribution < -0.4 is 5.32 Å². The number of hydrogen-bond donors (Lipinski definition) is 1. The molecule has 0 amide bonds. The van der Waals surface area contributed by atoms with Gasteiger partial charge in [0, 0.05) is 18.4 Å². The van der Waals surface area contributed by atoms with E-state index >= 15 is 0 Å². The number of nitro groups is 1. The van der Waals surface area contributed by atoms with Crippen molar-refractivity contribution in [2.24, 2.45) is 0 Å². The van der Waals surface area contributed by atoms with Gasteiger partial charge in [-0.15, -0.1) is 11.8 Å². The summed E-state index contributed by atoms with van der Waals surface area (Å²) in [6, 6.07) is 27.6. The van der Waals surface area contributed by atoms with Gasteiger partial charge in [0.25, 0.3) is 5.69 Å². The summed E-state index contributed by atoms with van der Waals surface area (Å²) in [6.45, 7) is 0.658. The minimum Gasteiger partial charge on any atom is -0.379 e. The molecule has 0 saturated carbocycles. The van der Waals surface area contributed by atoms with E-state index in [4.69, 9.17) is 0 Å². The van der Waals surface area contributed by atoms with Gasteiger partial charge in [-0.1, -0.05) is 72.8 Å². The fourth-order valence-corrected chi connectivity index (χ4v) is 3.94. The normalized spacial score (nSPS) is 10.7. The van der Waals surface area contributed by atoms with E-state index in [1.165, 1.54) is 17.2 Å². The molecule has 3 aromatic carbocycles. The molecule has 0 bridgehead atoms. The second-order valence-corrected chi connectivity index (χ2v) is 6.99. The predicted molar refractivity (Wildman–Crippen MR) is 109 cm³/mol. The molecule has 4 nitrogen and oxygen atoms in total. The lowest BCUT2D eigenvalue weighted by atomic mass is 10.0. The second kappa shape index (κ2) is 9.06. The smallest absolute Gasteiger partial charge is 0.292 e. The Morgan fingerprint density at radius 2 is 1.38 bits per heavy atom. The molecule has 0 fully saturated rings. The number of para-hydroxylation sites is 2. The zero-order valence-electron chi connectivity index (χ0n) is 14.2. The van der Waals surface area contributed by atoms with Crippen molar-refractivity contribution < 1.29 is 4.92 Å². The Labute approximate surface area is 157 Å². The molecule has 0 unspecified atom stereocenters. The lowest BCUT2D eigenvalue weighted by molar-refractivity contribution is -0.384. The summed E-state index contributed by atoms with van der Waals surface area (Å²) in [5.74, 6) is 0.834. The molecule has 0 heterocycles. The van der Waals surface area contributed by atoms with Crippen LogP contribution in [0.4, 0.5) is 11.4 Å². The largest absolute Gasteiger partial charge is 0.379 e. The van der Waals surface area contributed by atoms with Gasteiger partial charge >= 0.3 is 0 Å². The lowest BCUT2D eigenvalue weighted by Gasteiger charge is -2.18. The average Bonchev–Trinajstić information content (AvgIpc) is 2.69. The summed E-state index contributed by atoms with van der Waals surface area (Å²) < 4.78 is 0. The van der Waals surface area contributed by atoms with Crippen molar-refractivity contribution in [3.05, 3.63) is 106 Å². The minimum absolute atomic E-state index is 0.111. The molecule has 0 aliphatic carbocycles. The highest BCUT2D eigenvalue weighted by Gasteiger charge is 2.15. The van der Waals surface area contributed by atoms with Crippen LogP contribution in [-0.2, 0) is 0 Å². The zero-order chi connectivity index (χ0) is 18.2. The summed E-state index contributed by atoms with van der Waals surface area (Å²) in [7, 11) is 0. The van der Waals surface area contributed by atoms with Gasteiger partial charge in [-0.2, -0.15) is 0 Å². The molecular formula is C21H20N2O2S. The van der Waals surface area contributed by atoms with Gasteiger partial charge in [-0.3, -0.25) is 10.1 Å². The molecular weight excluding hydrogens is 344 g/mol. The van der Waals surface area contributed by atoms with Crippen molar-refractivity contribution in [1.29, 1.82) is 0 Å². The molecule has 1 N–H and O–H groups in total. The maximum absolute atomic E-state index is 11.1. The summed E-state index contributed by atoms with van der Waals surface area (Å²) in [6.07, 6.45) is 0. The van der Waals surface area contributed by atoms with Crippen LogP contribution in [0.3, 0.4) is 0 Å². The van der Waals surface area contributed by atoms with Crippen LogP contribution in [-0.4, -0.2) is 17.2 Å². The second-order valence-electron chi connectivity index (χ2n) is 5.77. The van der Waals surface area contributed by atoms with Crippen molar-refractivity contribution >= 4 is 23.1 Å². The van der Waals surface area contributed by atoms with Gasteiger partial charge in [0.15, 0.2) is 0 Å². The van der Waals surface area contributed by atoms with Crippen LogP contribution in [0.1, 0.15) is 16.4 Å². The SMILES string of the molecule is O=[N+]([O-])c1ccccc1NCCSC(c1ccccc1)c1ccccc1. The van der Waals surface area contributed by atoms with Gasteiger partial charge in [-0.25, -0.2) is 0 Å². The van der Waals surface area contributed by atoms with Gasteiger partial charge in [-0.05, 0) is 17.2 Å². The van der Waals surface area contributed by atoms with E-state index in [0.717, 1.165) is 5.75 Å². The molecule has 132 valence electrons. The molecule has 5 heteroatoms. The Balaban J connectivity index is 1.65. The third-order valence-electron chi connectivity index (χ3n) is 4.01. The Morgan fingerprint density at radius 1 is 0.846 bits per heavy atom. The minimum atomic E-state index is -0.355. The highest BCUT2D eigenvalue weighted by atomic mass is 32.2. The van der Waals surface area contributed by atoms with E-state index in [1.807, 2.05) is 23.9 Å². The monoisotopic (exact) mass is 364 g/mol. The number of nitrogens with one attached hydrogen (secondary N) is 1. The van der Waals surface area contributed by atoms with E-state index in [-0.39, 0.29) is 15.9 Å². The van der Waals surface area contributed by atoms with E-state index in [0.29, 0.717) is 12.2 Å². The summed E-state index contributed by atoms with van der Waals surface area (Å²) >= 11 is 1.83. The molecule has 0 radical (unpaired) electrons. The predicted octanol–water partition coefficient (Wildman–Crippen LogP) is 5.53. The highest BCUT2D eigenvalue weighted by Crippen LogP contribution is 2.35. The van der Waals surface area contributed by atoms with E-state index in [2.05, 4.69) is 53.8 Å². The first kappa shape index (κ1) is 18.0. The maximum Gasteiger partial charge on any atom is 0.292 e. The first-order valence-electron chi connectivity index (χ1n) is 8.44. The van der Waals surface area contributed by atoms with Crippen molar-refractivity contribution in [3.8, 4) is 0 Å². The van der Waals surface area contributed by atoms with Gasteiger partial charge in [0.2, 0.25) is 0 Å². The van der Waals surface area contributed by atoms with Crippen LogP contribution in [0.2, 0.25) is 0 Å². The standard InChI is InChI=1S/C21H20N2O2S/c24-23(25)20-14-8-7-13-19(20)22-15-16-26-21(17-9-3-1-4-10-17)18-11-5-2-6-12-18/h1-14,21-22H,15-16H2. The molecule has 0 spiro atoms. The molecule has 0 aliphatic rings.